The summed E-state index contributed by atoms with van der Waals surface area (Å²) in [6, 6.07) is 0. The van der Waals surface area contributed by atoms with Crippen molar-refractivity contribution in [1.29, 1.82) is 0 Å². The van der Waals surface area contributed by atoms with Crippen molar-refractivity contribution in [2.45, 2.75) is 26.5 Å². The van der Waals surface area contributed by atoms with Gasteiger partial charge < -0.3 is 14.8 Å². The Balaban J connectivity index is 2.38. The van der Waals surface area contributed by atoms with Crippen LogP contribution in [0.3, 0.4) is 0 Å². The van der Waals surface area contributed by atoms with Crippen LogP contribution in [0, 0.1) is 0 Å². The van der Waals surface area contributed by atoms with Crippen molar-refractivity contribution in [3.05, 3.63) is 5.01 Å². The summed E-state index contributed by atoms with van der Waals surface area (Å²) in [5, 5.41) is 12.7. The number of ether oxygens (including phenoxy) is 2. The Kier molecular flexibility index (Phi) is 5.52. The summed E-state index contributed by atoms with van der Waals surface area (Å²) < 4.78 is 10.5. The van der Waals surface area contributed by atoms with Crippen LogP contribution in [0.1, 0.15) is 18.9 Å². The monoisotopic (exact) mass is 231 g/mol. The second-order valence-electron chi connectivity index (χ2n) is 3.13. The van der Waals surface area contributed by atoms with E-state index < -0.39 is 0 Å². The highest BCUT2D eigenvalue weighted by Crippen LogP contribution is 2.18. The molecular weight excluding hydrogens is 214 g/mol. The molecule has 0 amide bonds. The van der Waals surface area contributed by atoms with Crippen molar-refractivity contribution in [2.75, 3.05) is 20.3 Å². The highest BCUT2D eigenvalue weighted by molar-refractivity contribution is 7.13. The summed E-state index contributed by atoms with van der Waals surface area (Å²) in [7, 11) is 1.65. The topological polar surface area (TPSA) is 56.3 Å². The van der Waals surface area contributed by atoms with E-state index in [0.717, 1.165) is 18.1 Å². The summed E-state index contributed by atoms with van der Waals surface area (Å²) in [6.07, 6.45) is 0.00920. The van der Waals surface area contributed by atoms with Gasteiger partial charge in [-0.1, -0.05) is 23.4 Å². The van der Waals surface area contributed by atoms with Gasteiger partial charge in [0.15, 0.2) is 0 Å². The van der Waals surface area contributed by atoms with E-state index in [2.05, 4.69) is 22.4 Å². The molecule has 1 rings (SSSR count). The first-order chi connectivity index (χ1) is 7.26. The number of methoxy groups -OCH3 is 1. The molecule has 1 heterocycles. The Hall–Kier alpha value is -0.720. The molecule has 0 radical (unpaired) electrons. The third kappa shape index (κ3) is 4.55. The minimum absolute atomic E-state index is 0.00920. The Morgan fingerprint density at radius 3 is 2.93 bits per heavy atom. The molecule has 1 atom stereocenters. The maximum absolute atomic E-state index is 5.51. The lowest BCUT2D eigenvalue weighted by atomic mass is 10.4. The normalized spacial score (nSPS) is 12.7. The van der Waals surface area contributed by atoms with E-state index in [1.54, 1.807) is 7.11 Å². The molecule has 0 fully saturated rings. The van der Waals surface area contributed by atoms with Gasteiger partial charge in [-0.15, -0.1) is 5.10 Å². The molecule has 0 spiro atoms. The Labute approximate surface area is 93.8 Å². The first-order valence-corrected chi connectivity index (χ1v) is 5.76. The van der Waals surface area contributed by atoms with Crippen LogP contribution in [0.5, 0.6) is 5.19 Å². The zero-order valence-electron chi connectivity index (χ0n) is 9.32. The van der Waals surface area contributed by atoms with Crippen molar-refractivity contribution in [3.8, 4) is 5.19 Å². The summed E-state index contributed by atoms with van der Waals surface area (Å²) in [5.74, 6) is 0. The molecule has 86 valence electrons. The predicted octanol–water partition coefficient (Wildman–Crippen LogP) is 1.06. The van der Waals surface area contributed by atoms with Gasteiger partial charge in [-0.3, -0.25) is 0 Å². The quantitative estimate of drug-likeness (QED) is 0.760. The van der Waals surface area contributed by atoms with Crippen LogP contribution in [0.15, 0.2) is 0 Å². The van der Waals surface area contributed by atoms with E-state index in [1.807, 2.05) is 6.92 Å². The lowest BCUT2D eigenvalue weighted by Gasteiger charge is -2.09. The van der Waals surface area contributed by atoms with Crippen molar-refractivity contribution in [2.24, 2.45) is 0 Å². The Bertz CT molecular complexity index is 280. The van der Waals surface area contributed by atoms with E-state index in [0.29, 0.717) is 11.8 Å². The van der Waals surface area contributed by atoms with Crippen LogP contribution >= 0.6 is 11.3 Å². The highest BCUT2D eigenvalue weighted by atomic mass is 32.1. The third-order valence-electron chi connectivity index (χ3n) is 1.68. The zero-order valence-corrected chi connectivity index (χ0v) is 10.1. The van der Waals surface area contributed by atoms with Crippen LogP contribution in [0.25, 0.3) is 0 Å². The lowest BCUT2D eigenvalue weighted by molar-refractivity contribution is 0.0914. The van der Waals surface area contributed by atoms with Gasteiger partial charge in [0.2, 0.25) is 0 Å². The van der Waals surface area contributed by atoms with E-state index in [1.165, 1.54) is 11.3 Å². The number of nitrogens with one attached hydrogen (secondary N) is 1. The molecule has 1 N–H and O–H groups in total. The van der Waals surface area contributed by atoms with Crippen molar-refractivity contribution < 1.29 is 9.47 Å². The molecule has 0 aliphatic heterocycles. The molecule has 0 aliphatic carbocycles. The first-order valence-electron chi connectivity index (χ1n) is 4.95. The van der Waals surface area contributed by atoms with Crippen molar-refractivity contribution in [3.63, 3.8) is 0 Å². The largest absolute Gasteiger partial charge is 0.463 e. The van der Waals surface area contributed by atoms with Gasteiger partial charge in [-0.05, 0) is 13.5 Å². The molecule has 1 aromatic heterocycles. The van der Waals surface area contributed by atoms with Gasteiger partial charge in [-0.2, -0.15) is 0 Å². The van der Waals surface area contributed by atoms with Crippen LogP contribution in [0.2, 0.25) is 0 Å². The number of hydrogen-bond acceptors (Lipinski definition) is 6. The fourth-order valence-corrected chi connectivity index (χ4v) is 1.78. The molecule has 5 nitrogen and oxygen atoms in total. The second kappa shape index (κ2) is 6.71. The van der Waals surface area contributed by atoms with Crippen molar-refractivity contribution in [1.82, 2.24) is 15.5 Å². The average molecular weight is 231 g/mol. The fraction of sp³-hybridized carbons (Fsp3) is 0.778. The van der Waals surface area contributed by atoms with E-state index in [9.17, 15) is 0 Å². The van der Waals surface area contributed by atoms with Crippen LogP contribution in [-0.2, 0) is 11.3 Å². The van der Waals surface area contributed by atoms with E-state index >= 15 is 0 Å². The Morgan fingerprint density at radius 2 is 2.27 bits per heavy atom. The number of nitrogens with zero attached hydrogens (tertiary/aromatic N) is 2. The van der Waals surface area contributed by atoms with Gasteiger partial charge in [0, 0.05) is 13.7 Å². The van der Waals surface area contributed by atoms with Gasteiger partial charge in [0.05, 0.1) is 6.61 Å². The molecule has 0 aromatic carbocycles. The molecule has 0 bridgehead atoms. The van der Waals surface area contributed by atoms with Crippen molar-refractivity contribution >= 4 is 11.3 Å². The molecular formula is C9H17N3O2S. The molecule has 6 heteroatoms. The number of aromatic nitrogens is 2. The maximum Gasteiger partial charge on any atom is 0.294 e. The molecule has 0 saturated carbocycles. The van der Waals surface area contributed by atoms with Crippen LogP contribution in [0.4, 0.5) is 0 Å². The smallest absolute Gasteiger partial charge is 0.294 e. The van der Waals surface area contributed by atoms with E-state index in [-0.39, 0.29) is 6.10 Å². The third-order valence-corrected chi connectivity index (χ3v) is 2.49. The molecule has 1 unspecified atom stereocenters. The molecule has 15 heavy (non-hydrogen) atoms. The summed E-state index contributed by atoms with van der Waals surface area (Å²) in [5.41, 5.74) is 0. The van der Waals surface area contributed by atoms with Crippen LogP contribution in [-0.4, -0.2) is 36.6 Å². The second-order valence-corrected chi connectivity index (χ2v) is 4.15. The summed E-state index contributed by atoms with van der Waals surface area (Å²) >= 11 is 1.46. The molecule has 0 saturated heterocycles. The highest BCUT2D eigenvalue weighted by Gasteiger charge is 2.08. The van der Waals surface area contributed by atoms with Gasteiger partial charge in [-0.25, -0.2) is 0 Å². The summed E-state index contributed by atoms with van der Waals surface area (Å²) in [6.45, 7) is 6.22. The van der Waals surface area contributed by atoms with E-state index in [4.69, 9.17) is 9.47 Å². The molecule has 1 aromatic rings. The summed E-state index contributed by atoms with van der Waals surface area (Å²) in [4.78, 5) is 0. The standard InChI is InChI=1S/C9H17N3O2S/c1-4-10-5-8-11-12-9(15-8)14-7(2)6-13-3/h7,10H,4-6H2,1-3H3. The number of rotatable bonds is 7. The van der Waals surface area contributed by atoms with Gasteiger partial charge in [0.1, 0.15) is 11.1 Å². The molecule has 0 aliphatic rings. The average Bonchev–Trinajstić information content (AvgIpc) is 2.63. The number of hydrogen-bond donors (Lipinski definition) is 1. The minimum atomic E-state index is 0.00920. The Morgan fingerprint density at radius 1 is 1.47 bits per heavy atom. The minimum Gasteiger partial charge on any atom is -0.463 e. The predicted molar refractivity (Wildman–Crippen MR) is 59.3 cm³/mol. The fourth-order valence-electron chi connectivity index (χ4n) is 1.03. The maximum atomic E-state index is 5.51. The van der Waals surface area contributed by atoms with Gasteiger partial charge in [0.25, 0.3) is 5.19 Å². The van der Waals surface area contributed by atoms with Gasteiger partial charge >= 0.3 is 0 Å². The SMILES string of the molecule is CCNCc1nnc(OC(C)COC)s1. The zero-order chi connectivity index (χ0) is 11.1. The van der Waals surface area contributed by atoms with Crippen LogP contribution < -0.4 is 10.1 Å². The lowest BCUT2D eigenvalue weighted by Crippen LogP contribution is -2.17. The first kappa shape index (κ1) is 12.4.